The molecule has 2 aromatic rings. The van der Waals surface area contributed by atoms with Crippen molar-refractivity contribution in [3.8, 4) is 5.88 Å². The van der Waals surface area contributed by atoms with Crippen LogP contribution in [0.4, 0.5) is 5.69 Å². The fourth-order valence-corrected chi connectivity index (χ4v) is 1.72. The van der Waals surface area contributed by atoms with Crippen molar-refractivity contribution in [2.24, 2.45) is 5.11 Å². The van der Waals surface area contributed by atoms with Gasteiger partial charge in [0.25, 0.3) is 0 Å². The van der Waals surface area contributed by atoms with Crippen LogP contribution in [0.3, 0.4) is 0 Å². The van der Waals surface area contributed by atoms with Crippen molar-refractivity contribution >= 4 is 33.9 Å². The molecule has 1 radical (unpaired) electrons. The zero-order valence-corrected chi connectivity index (χ0v) is 11.4. The van der Waals surface area contributed by atoms with E-state index in [-0.39, 0.29) is 22.9 Å². The van der Waals surface area contributed by atoms with E-state index < -0.39 is 0 Å². The van der Waals surface area contributed by atoms with Crippen molar-refractivity contribution in [3.63, 3.8) is 0 Å². The van der Waals surface area contributed by atoms with E-state index in [0.717, 1.165) is 17.4 Å². The van der Waals surface area contributed by atoms with Gasteiger partial charge in [0, 0.05) is 34.7 Å². The number of aromatic hydroxyl groups is 1. The zero-order valence-electron chi connectivity index (χ0n) is 9.62. The number of nitrogens with one attached hydrogen (secondary N) is 3. The summed E-state index contributed by atoms with van der Waals surface area (Å²) in [4.78, 5) is 2.84. The van der Waals surface area contributed by atoms with Crippen molar-refractivity contribution in [1.82, 2.24) is 10.3 Å². The SMILES string of the molecule is CCNC(=S)[NH+]=Nc1c(O)[nH]c2ccccc12.[Cu]. The van der Waals surface area contributed by atoms with Crippen LogP contribution in [0.1, 0.15) is 6.92 Å². The van der Waals surface area contributed by atoms with E-state index in [2.05, 4.69) is 20.5 Å². The smallest absolute Gasteiger partial charge is 0.362 e. The molecule has 18 heavy (non-hydrogen) atoms. The molecule has 0 aliphatic carbocycles. The largest absolute Gasteiger partial charge is 0.493 e. The number of H-pyrrole nitrogens is 1. The van der Waals surface area contributed by atoms with Crippen molar-refractivity contribution in [2.45, 2.75) is 6.92 Å². The summed E-state index contributed by atoms with van der Waals surface area (Å²) >= 11 is 4.98. The first kappa shape index (κ1) is 14.6. The number of aromatic nitrogens is 1. The number of benzene rings is 1. The van der Waals surface area contributed by atoms with E-state index in [4.69, 9.17) is 12.2 Å². The fourth-order valence-electron chi connectivity index (χ4n) is 1.53. The van der Waals surface area contributed by atoms with Gasteiger partial charge in [0.05, 0.1) is 12.1 Å². The Hall–Kier alpha value is -1.43. The number of fused-ring (bicyclic) bond motifs is 1. The van der Waals surface area contributed by atoms with Crippen molar-refractivity contribution in [3.05, 3.63) is 24.3 Å². The van der Waals surface area contributed by atoms with Crippen LogP contribution in [-0.2, 0) is 17.1 Å². The number of thiocarbonyl (C=S) groups is 1. The minimum atomic E-state index is 0. The normalized spacial score (nSPS) is 10.5. The molecular weight excluding hydrogens is 300 g/mol. The number of nitrogens with zero attached hydrogens (tertiary/aromatic N) is 1. The fraction of sp³-hybridized carbons (Fsp3) is 0.182. The average Bonchev–Trinajstić information content (AvgIpc) is 2.62. The summed E-state index contributed by atoms with van der Waals surface area (Å²) in [6.07, 6.45) is 0. The van der Waals surface area contributed by atoms with Gasteiger partial charge in [0.15, 0.2) is 5.69 Å². The van der Waals surface area contributed by atoms with Gasteiger partial charge in [-0.25, -0.2) is 0 Å². The predicted octanol–water partition coefficient (Wildman–Crippen LogP) is 0.930. The molecule has 0 saturated carbocycles. The number of azo groups is 1. The van der Waals surface area contributed by atoms with Crippen molar-refractivity contribution in [2.75, 3.05) is 6.54 Å². The van der Waals surface area contributed by atoms with Gasteiger partial charge >= 0.3 is 5.11 Å². The molecule has 0 aliphatic rings. The van der Waals surface area contributed by atoms with E-state index in [1.54, 1.807) is 0 Å². The molecule has 2 rings (SSSR count). The first-order valence-corrected chi connectivity index (χ1v) is 5.67. The van der Waals surface area contributed by atoms with Crippen molar-refractivity contribution < 1.29 is 27.3 Å². The summed E-state index contributed by atoms with van der Waals surface area (Å²) in [5.74, 6) is 0.0259. The maximum Gasteiger partial charge on any atom is 0.362 e. The molecule has 99 valence electrons. The Morgan fingerprint density at radius 2 is 2.22 bits per heavy atom. The van der Waals surface area contributed by atoms with Gasteiger partial charge < -0.3 is 10.1 Å². The molecule has 0 spiro atoms. The Kier molecular flexibility index (Phi) is 5.27. The Morgan fingerprint density at radius 3 is 2.94 bits per heavy atom. The molecular formula is C11H13CuN4OS+. The summed E-state index contributed by atoms with van der Waals surface area (Å²) in [6, 6.07) is 7.52. The van der Waals surface area contributed by atoms with Crippen LogP contribution in [0.25, 0.3) is 10.9 Å². The first-order chi connectivity index (χ1) is 8.22. The van der Waals surface area contributed by atoms with Crippen LogP contribution in [0, 0.1) is 0 Å². The van der Waals surface area contributed by atoms with Crippen LogP contribution in [-0.4, -0.2) is 21.7 Å². The number of rotatable bonds is 2. The quantitative estimate of drug-likeness (QED) is 0.379. The Morgan fingerprint density at radius 1 is 1.50 bits per heavy atom. The third-order valence-electron chi connectivity index (χ3n) is 2.27. The van der Waals surface area contributed by atoms with E-state index in [1.807, 2.05) is 31.2 Å². The molecule has 0 bridgehead atoms. The topological polar surface area (TPSA) is 74.4 Å². The van der Waals surface area contributed by atoms with Crippen LogP contribution in [0.2, 0.25) is 0 Å². The second-order valence-corrected chi connectivity index (χ2v) is 3.86. The number of aromatic amines is 1. The predicted molar refractivity (Wildman–Crippen MR) is 69.3 cm³/mol. The maximum atomic E-state index is 9.72. The Labute approximate surface area is 120 Å². The molecule has 0 fully saturated rings. The summed E-state index contributed by atoms with van der Waals surface area (Å²) in [5, 5.41) is 20.7. The maximum absolute atomic E-state index is 9.72. The summed E-state index contributed by atoms with van der Waals surface area (Å²) in [5.41, 5.74) is 1.29. The van der Waals surface area contributed by atoms with Crippen LogP contribution in [0.15, 0.2) is 29.4 Å². The Balaban J connectivity index is 0.00000162. The Bertz CT molecular complexity index is 581. The van der Waals surface area contributed by atoms with Gasteiger partial charge in [-0.3, -0.25) is 5.32 Å². The van der Waals surface area contributed by atoms with Gasteiger partial charge in [0.2, 0.25) is 5.88 Å². The van der Waals surface area contributed by atoms with Crippen LogP contribution in [0.5, 0.6) is 5.88 Å². The molecule has 0 amide bonds. The molecule has 7 heteroatoms. The minimum absolute atomic E-state index is 0. The van der Waals surface area contributed by atoms with E-state index in [9.17, 15) is 5.11 Å². The number of para-hydroxylation sites is 1. The summed E-state index contributed by atoms with van der Waals surface area (Å²) in [7, 11) is 0. The monoisotopic (exact) mass is 312 g/mol. The molecule has 0 aliphatic heterocycles. The van der Waals surface area contributed by atoms with Gasteiger partial charge in [0.1, 0.15) is 0 Å². The molecule has 0 atom stereocenters. The van der Waals surface area contributed by atoms with Gasteiger partial charge in [-0.2, -0.15) is 0 Å². The molecule has 5 nitrogen and oxygen atoms in total. The molecule has 1 heterocycles. The number of hydrogen-bond donors (Lipinski definition) is 4. The minimum Gasteiger partial charge on any atom is -0.493 e. The van der Waals surface area contributed by atoms with Crippen molar-refractivity contribution in [1.29, 1.82) is 0 Å². The standard InChI is InChI=1S/C11H12N4OS.Cu/c1-2-12-11(17)15-14-9-7-5-3-4-6-8(7)13-10(9)16;/h3-6,13,16H,2H2,1H3,(H,12,17);/p+1. The molecule has 1 aromatic heterocycles. The van der Waals surface area contributed by atoms with E-state index >= 15 is 0 Å². The van der Waals surface area contributed by atoms with Gasteiger partial charge in [-0.1, -0.05) is 23.3 Å². The first-order valence-electron chi connectivity index (χ1n) is 5.26. The van der Waals surface area contributed by atoms with Gasteiger partial charge in [-0.05, 0) is 13.0 Å². The van der Waals surface area contributed by atoms with Crippen LogP contribution < -0.4 is 10.4 Å². The summed E-state index contributed by atoms with van der Waals surface area (Å²) in [6.45, 7) is 2.67. The zero-order chi connectivity index (χ0) is 12.3. The third-order valence-corrected chi connectivity index (χ3v) is 2.50. The van der Waals surface area contributed by atoms with E-state index in [1.165, 1.54) is 0 Å². The second kappa shape index (κ2) is 6.49. The average molecular weight is 313 g/mol. The van der Waals surface area contributed by atoms with Crippen LogP contribution >= 0.6 is 12.2 Å². The molecule has 0 saturated heterocycles. The second-order valence-electron chi connectivity index (χ2n) is 3.45. The molecule has 4 N–H and O–H groups in total. The third kappa shape index (κ3) is 3.07. The number of hydrogen-bond acceptors (Lipinski definition) is 3. The van der Waals surface area contributed by atoms with Gasteiger partial charge in [-0.15, -0.1) is 5.11 Å². The molecule has 0 unspecified atom stereocenters. The summed E-state index contributed by atoms with van der Waals surface area (Å²) < 4.78 is 0. The van der Waals surface area contributed by atoms with E-state index in [0.29, 0.717) is 10.8 Å². The molecule has 1 aromatic carbocycles.